The van der Waals surface area contributed by atoms with Crippen LogP contribution in [0.5, 0.6) is 0 Å². The number of carbonyl (C=O) groups is 1. The molecule has 5 N–H and O–H groups in total. The number of primary amides is 1. The van der Waals surface area contributed by atoms with Gasteiger partial charge in [-0.2, -0.15) is 4.72 Å². The van der Waals surface area contributed by atoms with Crippen LogP contribution in [-0.2, 0) is 21.4 Å². The van der Waals surface area contributed by atoms with Gasteiger partial charge in [-0.3, -0.25) is 4.79 Å². The quantitative estimate of drug-likeness (QED) is 0.681. The zero-order chi connectivity index (χ0) is 14.0. The number of hydrogen-bond acceptors (Lipinski definition) is 4. The van der Waals surface area contributed by atoms with Crippen LogP contribution in [0.15, 0.2) is 29.2 Å². The van der Waals surface area contributed by atoms with Gasteiger partial charge >= 0.3 is 0 Å². The standard InChI is InChI=1S/C11H17N3O3S/c1-11(2,10(13)15)14-18(16,17)9-5-3-8(7-12)4-6-9/h3-6,14H,7,12H2,1-2H3,(H2,13,15). The van der Waals surface area contributed by atoms with Gasteiger partial charge in [-0.15, -0.1) is 0 Å². The predicted octanol–water partition coefficient (Wildman–Crippen LogP) is -0.312. The fourth-order valence-corrected chi connectivity index (χ4v) is 2.63. The van der Waals surface area contributed by atoms with Crippen molar-refractivity contribution < 1.29 is 13.2 Å². The molecule has 0 fully saturated rings. The Labute approximate surface area is 106 Å². The van der Waals surface area contributed by atoms with Crippen LogP contribution < -0.4 is 16.2 Å². The minimum Gasteiger partial charge on any atom is -0.368 e. The monoisotopic (exact) mass is 271 g/mol. The third kappa shape index (κ3) is 3.28. The Morgan fingerprint density at radius 2 is 1.78 bits per heavy atom. The topological polar surface area (TPSA) is 115 Å². The van der Waals surface area contributed by atoms with E-state index in [-0.39, 0.29) is 4.90 Å². The molecule has 100 valence electrons. The zero-order valence-electron chi connectivity index (χ0n) is 10.3. The molecule has 0 aromatic heterocycles. The lowest BCUT2D eigenvalue weighted by Gasteiger charge is -2.22. The van der Waals surface area contributed by atoms with Crippen molar-refractivity contribution in [1.29, 1.82) is 0 Å². The van der Waals surface area contributed by atoms with Gasteiger partial charge in [0.25, 0.3) is 0 Å². The molecule has 0 aliphatic rings. The molecule has 0 saturated carbocycles. The highest BCUT2D eigenvalue weighted by Crippen LogP contribution is 2.13. The van der Waals surface area contributed by atoms with Gasteiger partial charge in [0.05, 0.1) is 4.90 Å². The van der Waals surface area contributed by atoms with Crippen LogP contribution >= 0.6 is 0 Å². The number of nitrogens with one attached hydrogen (secondary N) is 1. The van der Waals surface area contributed by atoms with Gasteiger partial charge in [-0.05, 0) is 31.5 Å². The Hall–Kier alpha value is -1.44. The summed E-state index contributed by atoms with van der Waals surface area (Å²) in [6, 6.07) is 6.10. The first-order chi connectivity index (χ1) is 8.19. The maximum absolute atomic E-state index is 12.0. The van der Waals surface area contributed by atoms with Crippen LogP contribution in [0.3, 0.4) is 0 Å². The number of hydrogen-bond donors (Lipinski definition) is 3. The van der Waals surface area contributed by atoms with E-state index in [1.54, 1.807) is 12.1 Å². The molecule has 1 amide bonds. The third-order valence-corrected chi connectivity index (χ3v) is 4.15. The van der Waals surface area contributed by atoms with Gasteiger partial charge < -0.3 is 11.5 Å². The minimum atomic E-state index is -3.78. The number of amides is 1. The van der Waals surface area contributed by atoms with Crippen LogP contribution in [0.1, 0.15) is 19.4 Å². The van der Waals surface area contributed by atoms with Gasteiger partial charge in [0, 0.05) is 6.54 Å². The van der Waals surface area contributed by atoms with Crippen LogP contribution in [0.4, 0.5) is 0 Å². The van der Waals surface area contributed by atoms with Crippen molar-refractivity contribution in [2.45, 2.75) is 30.8 Å². The first-order valence-corrected chi connectivity index (χ1v) is 6.80. The highest BCUT2D eigenvalue weighted by molar-refractivity contribution is 7.89. The molecule has 18 heavy (non-hydrogen) atoms. The highest BCUT2D eigenvalue weighted by atomic mass is 32.2. The molecule has 0 aliphatic heterocycles. The van der Waals surface area contributed by atoms with Crippen LogP contribution in [-0.4, -0.2) is 19.9 Å². The van der Waals surface area contributed by atoms with Crippen molar-refractivity contribution in [2.24, 2.45) is 11.5 Å². The molecule has 0 saturated heterocycles. The molecule has 1 rings (SSSR count). The first-order valence-electron chi connectivity index (χ1n) is 5.32. The summed E-state index contributed by atoms with van der Waals surface area (Å²) in [5, 5.41) is 0. The summed E-state index contributed by atoms with van der Waals surface area (Å²) in [5.74, 6) is -0.746. The molecular formula is C11H17N3O3S. The lowest BCUT2D eigenvalue weighted by molar-refractivity contribution is -0.122. The van der Waals surface area contributed by atoms with E-state index in [4.69, 9.17) is 11.5 Å². The van der Waals surface area contributed by atoms with Gasteiger partial charge in [0.15, 0.2) is 0 Å². The fraction of sp³-hybridized carbons (Fsp3) is 0.364. The van der Waals surface area contributed by atoms with E-state index < -0.39 is 21.5 Å². The van der Waals surface area contributed by atoms with Crippen molar-refractivity contribution in [3.8, 4) is 0 Å². The summed E-state index contributed by atoms with van der Waals surface area (Å²) in [7, 11) is -3.78. The molecule has 6 nitrogen and oxygen atoms in total. The molecule has 1 aromatic rings. The number of benzene rings is 1. The van der Waals surface area contributed by atoms with Crippen molar-refractivity contribution in [2.75, 3.05) is 0 Å². The Morgan fingerprint density at radius 3 is 2.17 bits per heavy atom. The van der Waals surface area contributed by atoms with Gasteiger partial charge in [-0.1, -0.05) is 12.1 Å². The summed E-state index contributed by atoms with van der Waals surface area (Å²) in [6.45, 7) is 3.14. The molecule has 0 heterocycles. The molecule has 0 unspecified atom stereocenters. The first kappa shape index (κ1) is 14.6. The van der Waals surface area contributed by atoms with Gasteiger partial charge in [-0.25, -0.2) is 8.42 Å². The Kier molecular flexibility index (Phi) is 4.10. The van der Waals surface area contributed by atoms with Crippen LogP contribution in [0.25, 0.3) is 0 Å². The number of carbonyl (C=O) groups excluding carboxylic acids is 1. The van der Waals surface area contributed by atoms with E-state index in [1.165, 1.54) is 26.0 Å². The van der Waals surface area contributed by atoms with Crippen LogP contribution in [0, 0.1) is 0 Å². The fourth-order valence-electron chi connectivity index (χ4n) is 1.25. The Morgan fingerprint density at radius 1 is 1.28 bits per heavy atom. The van der Waals surface area contributed by atoms with Gasteiger partial charge in [0.1, 0.15) is 5.54 Å². The van der Waals surface area contributed by atoms with E-state index in [9.17, 15) is 13.2 Å². The number of sulfonamides is 1. The third-order valence-electron chi connectivity index (χ3n) is 2.47. The molecule has 0 spiro atoms. The highest BCUT2D eigenvalue weighted by Gasteiger charge is 2.31. The lowest BCUT2D eigenvalue weighted by atomic mass is 10.1. The summed E-state index contributed by atoms with van der Waals surface area (Å²) >= 11 is 0. The number of rotatable bonds is 5. The lowest BCUT2D eigenvalue weighted by Crippen LogP contribution is -2.52. The molecule has 0 radical (unpaired) electrons. The molecule has 0 atom stereocenters. The minimum absolute atomic E-state index is 0.0639. The number of nitrogens with two attached hydrogens (primary N) is 2. The molecule has 1 aromatic carbocycles. The summed E-state index contributed by atoms with van der Waals surface area (Å²) in [4.78, 5) is 11.2. The predicted molar refractivity (Wildman–Crippen MR) is 67.9 cm³/mol. The molecule has 0 bridgehead atoms. The maximum Gasteiger partial charge on any atom is 0.241 e. The maximum atomic E-state index is 12.0. The van der Waals surface area contributed by atoms with Gasteiger partial charge in [0.2, 0.25) is 15.9 Å². The normalized spacial score (nSPS) is 12.4. The molecular weight excluding hydrogens is 254 g/mol. The Bertz CT molecular complexity index is 535. The largest absolute Gasteiger partial charge is 0.368 e. The molecule has 7 heteroatoms. The molecule has 0 aliphatic carbocycles. The van der Waals surface area contributed by atoms with Crippen molar-refractivity contribution in [3.63, 3.8) is 0 Å². The van der Waals surface area contributed by atoms with Crippen molar-refractivity contribution >= 4 is 15.9 Å². The van der Waals surface area contributed by atoms with E-state index >= 15 is 0 Å². The van der Waals surface area contributed by atoms with E-state index in [0.29, 0.717) is 6.54 Å². The second-order valence-electron chi connectivity index (χ2n) is 4.44. The average Bonchev–Trinajstić information content (AvgIpc) is 2.27. The SMILES string of the molecule is CC(C)(NS(=O)(=O)c1ccc(CN)cc1)C(N)=O. The van der Waals surface area contributed by atoms with E-state index in [0.717, 1.165) is 5.56 Å². The second kappa shape index (κ2) is 5.05. The van der Waals surface area contributed by atoms with Crippen molar-refractivity contribution in [1.82, 2.24) is 4.72 Å². The smallest absolute Gasteiger partial charge is 0.241 e. The second-order valence-corrected chi connectivity index (χ2v) is 6.13. The average molecular weight is 271 g/mol. The summed E-state index contributed by atoms with van der Waals surface area (Å²) < 4.78 is 26.3. The Balaban J connectivity index is 3.03. The van der Waals surface area contributed by atoms with Crippen molar-refractivity contribution in [3.05, 3.63) is 29.8 Å². The zero-order valence-corrected chi connectivity index (χ0v) is 11.1. The van der Waals surface area contributed by atoms with E-state index in [2.05, 4.69) is 4.72 Å². The summed E-state index contributed by atoms with van der Waals surface area (Å²) in [5.41, 5.74) is 10.0. The van der Waals surface area contributed by atoms with Crippen LogP contribution in [0.2, 0.25) is 0 Å². The van der Waals surface area contributed by atoms with E-state index in [1.807, 2.05) is 0 Å². The summed E-state index contributed by atoms with van der Waals surface area (Å²) in [6.07, 6.45) is 0.